The van der Waals surface area contributed by atoms with Gasteiger partial charge < -0.3 is 10.6 Å². The van der Waals surface area contributed by atoms with Crippen LogP contribution in [0.1, 0.15) is 24.8 Å². The summed E-state index contributed by atoms with van der Waals surface area (Å²) in [4.78, 5) is 11.9. The molecule has 1 amide bonds. The van der Waals surface area contributed by atoms with Gasteiger partial charge >= 0.3 is 0 Å². The van der Waals surface area contributed by atoms with Crippen molar-refractivity contribution in [1.82, 2.24) is 5.32 Å². The largest absolute Gasteiger partial charge is 0.320 e. The van der Waals surface area contributed by atoms with Crippen LogP contribution >= 0.6 is 0 Å². The van der Waals surface area contributed by atoms with Gasteiger partial charge in [-0.25, -0.2) is 8.78 Å². The van der Waals surface area contributed by atoms with Crippen LogP contribution in [0.15, 0.2) is 12.1 Å². The van der Waals surface area contributed by atoms with Gasteiger partial charge in [0.1, 0.15) is 11.5 Å². The highest BCUT2D eigenvalue weighted by molar-refractivity contribution is 5.95. The van der Waals surface area contributed by atoms with Crippen molar-refractivity contribution in [1.29, 1.82) is 0 Å². The molecule has 1 heterocycles. The van der Waals surface area contributed by atoms with Gasteiger partial charge in [-0.15, -0.1) is 0 Å². The average Bonchev–Trinajstić information content (AvgIpc) is 2.40. The third-order valence-electron chi connectivity index (χ3n) is 3.16. The van der Waals surface area contributed by atoms with Gasteiger partial charge in [0.2, 0.25) is 5.91 Å². The maximum absolute atomic E-state index is 13.7. The summed E-state index contributed by atoms with van der Waals surface area (Å²) in [5.74, 6) is -1.83. The number of benzene rings is 1. The Bertz CT molecular complexity index is 457. The monoisotopic (exact) mass is 254 g/mol. The van der Waals surface area contributed by atoms with Crippen molar-refractivity contribution in [3.63, 3.8) is 0 Å². The van der Waals surface area contributed by atoms with E-state index in [1.54, 1.807) is 0 Å². The lowest BCUT2D eigenvalue weighted by Gasteiger charge is -2.22. The van der Waals surface area contributed by atoms with Crippen LogP contribution in [0.3, 0.4) is 0 Å². The number of carbonyl (C=O) groups is 1. The Kier molecular flexibility index (Phi) is 3.91. The van der Waals surface area contributed by atoms with Crippen LogP contribution in [0, 0.1) is 18.6 Å². The van der Waals surface area contributed by atoms with E-state index in [0.717, 1.165) is 25.5 Å². The molecule has 0 aliphatic carbocycles. The molecule has 1 aliphatic heterocycles. The number of aryl methyl sites for hydroxylation is 1. The summed E-state index contributed by atoms with van der Waals surface area (Å²) in [5, 5.41) is 5.37. The second kappa shape index (κ2) is 5.44. The van der Waals surface area contributed by atoms with E-state index in [-0.39, 0.29) is 17.6 Å². The highest BCUT2D eigenvalue weighted by Crippen LogP contribution is 2.22. The van der Waals surface area contributed by atoms with E-state index in [0.29, 0.717) is 12.0 Å². The van der Waals surface area contributed by atoms with E-state index in [1.807, 2.05) is 0 Å². The molecule has 1 fully saturated rings. The molecule has 18 heavy (non-hydrogen) atoms. The lowest BCUT2D eigenvalue weighted by molar-refractivity contribution is -0.118. The van der Waals surface area contributed by atoms with Crippen molar-refractivity contribution in [2.75, 3.05) is 11.9 Å². The van der Waals surface area contributed by atoms with Gasteiger partial charge in [0.15, 0.2) is 5.82 Å². The zero-order chi connectivity index (χ0) is 13.1. The molecule has 0 unspecified atom stereocenters. The fraction of sp³-hybridized carbons (Fsp3) is 0.462. The number of rotatable bonds is 2. The minimum absolute atomic E-state index is 0.309. The number of hydrogen-bond donors (Lipinski definition) is 2. The zero-order valence-corrected chi connectivity index (χ0v) is 10.2. The van der Waals surface area contributed by atoms with E-state index in [9.17, 15) is 13.6 Å². The van der Waals surface area contributed by atoms with Crippen molar-refractivity contribution >= 4 is 11.6 Å². The van der Waals surface area contributed by atoms with Gasteiger partial charge in [-0.05, 0) is 37.9 Å². The van der Waals surface area contributed by atoms with Crippen LogP contribution < -0.4 is 10.6 Å². The molecule has 1 aromatic carbocycles. The smallest absolute Gasteiger partial charge is 0.241 e. The molecular weight excluding hydrogens is 238 g/mol. The second-order valence-electron chi connectivity index (χ2n) is 4.55. The maximum Gasteiger partial charge on any atom is 0.241 e. The first-order valence-corrected chi connectivity index (χ1v) is 6.08. The molecule has 2 N–H and O–H groups in total. The Morgan fingerprint density at radius 2 is 2.17 bits per heavy atom. The predicted molar refractivity (Wildman–Crippen MR) is 65.4 cm³/mol. The van der Waals surface area contributed by atoms with Crippen molar-refractivity contribution < 1.29 is 13.6 Å². The molecule has 0 radical (unpaired) electrons. The molecule has 0 aromatic heterocycles. The van der Waals surface area contributed by atoms with Crippen molar-refractivity contribution in [2.24, 2.45) is 0 Å². The molecule has 2 rings (SSSR count). The number of anilines is 1. The summed E-state index contributed by atoms with van der Waals surface area (Å²) in [6.45, 7) is 2.29. The molecule has 1 aromatic rings. The van der Waals surface area contributed by atoms with Crippen molar-refractivity contribution in [3.05, 3.63) is 29.3 Å². The van der Waals surface area contributed by atoms with Gasteiger partial charge in [-0.3, -0.25) is 4.79 Å². The first-order chi connectivity index (χ1) is 8.59. The second-order valence-corrected chi connectivity index (χ2v) is 4.55. The Morgan fingerprint density at radius 1 is 1.39 bits per heavy atom. The minimum Gasteiger partial charge on any atom is -0.320 e. The fourth-order valence-corrected chi connectivity index (χ4v) is 2.06. The topological polar surface area (TPSA) is 41.1 Å². The highest BCUT2D eigenvalue weighted by Gasteiger charge is 2.23. The summed E-state index contributed by atoms with van der Waals surface area (Å²) >= 11 is 0. The normalized spacial score (nSPS) is 19.6. The maximum atomic E-state index is 13.7. The number of hydrogen-bond acceptors (Lipinski definition) is 2. The molecule has 5 heteroatoms. The Balaban J connectivity index is 2.13. The third-order valence-corrected chi connectivity index (χ3v) is 3.16. The molecular formula is C13H16F2N2O. The van der Waals surface area contributed by atoms with Gasteiger partial charge in [0.25, 0.3) is 0 Å². The van der Waals surface area contributed by atoms with Gasteiger partial charge in [-0.2, -0.15) is 0 Å². The number of amides is 1. The predicted octanol–water partition coefficient (Wildman–Crippen LogP) is 2.35. The van der Waals surface area contributed by atoms with E-state index in [2.05, 4.69) is 10.6 Å². The van der Waals surface area contributed by atoms with Crippen LogP contribution in [-0.4, -0.2) is 18.5 Å². The quantitative estimate of drug-likeness (QED) is 0.850. The van der Waals surface area contributed by atoms with E-state index >= 15 is 0 Å². The SMILES string of the molecule is Cc1ccc(F)c(NC(=O)[C@@H]2CCCCN2)c1F. The van der Waals surface area contributed by atoms with Crippen LogP contribution in [0.5, 0.6) is 0 Å². The molecule has 0 bridgehead atoms. The fourth-order valence-electron chi connectivity index (χ4n) is 2.06. The van der Waals surface area contributed by atoms with Gasteiger partial charge in [-0.1, -0.05) is 12.5 Å². The molecule has 1 atom stereocenters. The van der Waals surface area contributed by atoms with Crippen molar-refractivity contribution in [2.45, 2.75) is 32.2 Å². The Labute approximate surface area is 105 Å². The van der Waals surface area contributed by atoms with Crippen LogP contribution in [0.4, 0.5) is 14.5 Å². The van der Waals surface area contributed by atoms with Crippen LogP contribution in [-0.2, 0) is 4.79 Å². The Hall–Kier alpha value is -1.49. The molecule has 0 spiro atoms. The van der Waals surface area contributed by atoms with E-state index < -0.39 is 11.6 Å². The Morgan fingerprint density at radius 3 is 2.83 bits per heavy atom. The molecule has 1 aliphatic rings. The minimum atomic E-state index is -0.748. The highest BCUT2D eigenvalue weighted by atomic mass is 19.1. The first-order valence-electron chi connectivity index (χ1n) is 6.08. The number of halogens is 2. The van der Waals surface area contributed by atoms with E-state index in [1.165, 1.54) is 13.0 Å². The summed E-state index contributed by atoms with van der Waals surface area (Å²) in [6.07, 6.45) is 2.67. The summed E-state index contributed by atoms with van der Waals surface area (Å²) in [6, 6.07) is 2.14. The summed E-state index contributed by atoms with van der Waals surface area (Å²) in [7, 11) is 0. The number of piperidine rings is 1. The summed E-state index contributed by atoms with van der Waals surface area (Å²) < 4.78 is 27.2. The van der Waals surface area contributed by atoms with Crippen LogP contribution in [0.2, 0.25) is 0 Å². The number of nitrogens with one attached hydrogen (secondary N) is 2. The van der Waals surface area contributed by atoms with Gasteiger partial charge in [0.05, 0.1) is 6.04 Å². The molecule has 1 saturated heterocycles. The number of carbonyl (C=O) groups excluding carboxylic acids is 1. The van der Waals surface area contributed by atoms with Gasteiger partial charge in [0, 0.05) is 0 Å². The lowest BCUT2D eigenvalue weighted by Crippen LogP contribution is -2.43. The molecule has 0 saturated carbocycles. The van der Waals surface area contributed by atoms with Crippen molar-refractivity contribution in [3.8, 4) is 0 Å². The third kappa shape index (κ3) is 2.67. The lowest BCUT2D eigenvalue weighted by atomic mass is 10.0. The molecule has 98 valence electrons. The van der Waals surface area contributed by atoms with Crippen LogP contribution in [0.25, 0.3) is 0 Å². The standard InChI is InChI=1S/C13H16F2N2O/c1-8-5-6-9(14)12(11(8)15)17-13(18)10-4-2-3-7-16-10/h5-6,10,16H,2-4,7H2,1H3,(H,17,18)/t10-/m0/s1. The summed E-state index contributed by atoms with van der Waals surface area (Å²) in [5.41, 5.74) is -0.0457. The zero-order valence-electron chi connectivity index (χ0n) is 10.2. The average molecular weight is 254 g/mol. The molecule has 3 nitrogen and oxygen atoms in total. The van der Waals surface area contributed by atoms with E-state index in [4.69, 9.17) is 0 Å². The first kappa shape index (κ1) is 13.0.